The molecule has 2 N–H and O–H groups in total. The Morgan fingerprint density at radius 1 is 0.596 bits per heavy atom. The number of phosphoric ester groups is 1. The van der Waals surface area contributed by atoms with Crippen LogP contribution in [0.1, 0.15) is 213 Å². The van der Waals surface area contributed by atoms with Crippen molar-refractivity contribution in [3.63, 3.8) is 0 Å². The number of amides is 1. The number of aliphatic hydroxyl groups excluding tert-OH is 1. The Bertz CT molecular complexity index is 1030. The van der Waals surface area contributed by atoms with E-state index in [0.29, 0.717) is 17.4 Å². The highest BCUT2D eigenvalue weighted by Crippen LogP contribution is 2.38. The third-order valence-electron chi connectivity index (χ3n) is 10.6. The number of hydrogen-bond acceptors (Lipinski definition) is 6. The van der Waals surface area contributed by atoms with Gasteiger partial charge in [0.1, 0.15) is 13.2 Å². The Balaban J connectivity index is 4.18. The molecule has 1 amide bonds. The summed E-state index contributed by atoms with van der Waals surface area (Å²) in [5, 5.41) is 13.7. The summed E-state index contributed by atoms with van der Waals surface area (Å²) < 4.78 is 23.1. The van der Waals surface area contributed by atoms with E-state index in [4.69, 9.17) is 9.05 Å². The number of carbonyl (C=O) groups excluding carboxylic acids is 1. The van der Waals surface area contributed by atoms with Gasteiger partial charge in [0.2, 0.25) is 5.91 Å². The first kappa shape index (κ1) is 55.7. The number of nitrogens with one attached hydrogen (secondary N) is 1. The standard InChI is InChI=1S/C48H93N2O6P/c1-6-8-10-12-14-16-18-19-20-21-22-23-24-25-26-27-28-29-30-31-32-34-36-38-40-42-48(52)49-46(45-56-57(53,54)55-44-43-50(3,4)5)47(51)41-39-37-35-33-17-15-13-11-9-7-2/h17,25-26,33,39,41,46-47,51H,6-16,18-24,27-32,34-38,40,42-45H2,1-5H3,(H-,49,52,53,54)/b26-25-,33-17+,41-39+. The fourth-order valence-corrected chi connectivity index (χ4v) is 7.47. The van der Waals surface area contributed by atoms with Crippen molar-refractivity contribution in [2.75, 3.05) is 40.9 Å². The molecule has 0 bridgehead atoms. The summed E-state index contributed by atoms with van der Waals surface area (Å²) in [6.07, 6.45) is 49.3. The second-order valence-corrected chi connectivity index (χ2v) is 18.9. The number of rotatable bonds is 43. The molecule has 0 aromatic carbocycles. The maximum Gasteiger partial charge on any atom is 0.268 e. The van der Waals surface area contributed by atoms with Gasteiger partial charge in [0.15, 0.2) is 0 Å². The van der Waals surface area contributed by atoms with Gasteiger partial charge in [-0.25, -0.2) is 0 Å². The van der Waals surface area contributed by atoms with E-state index in [9.17, 15) is 19.4 Å². The lowest BCUT2D eigenvalue weighted by atomic mass is 10.0. The quantitative estimate of drug-likeness (QED) is 0.0274. The molecular formula is C48H93N2O6P. The first-order valence-electron chi connectivity index (χ1n) is 23.9. The van der Waals surface area contributed by atoms with Crippen LogP contribution in [0.4, 0.5) is 0 Å². The monoisotopic (exact) mass is 825 g/mol. The first-order chi connectivity index (χ1) is 27.5. The van der Waals surface area contributed by atoms with Crippen LogP contribution in [0.15, 0.2) is 36.5 Å². The fourth-order valence-electron chi connectivity index (χ4n) is 6.75. The maximum absolute atomic E-state index is 12.8. The van der Waals surface area contributed by atoms with E-state index >= 15 is 0 Å². The summed E-state index contributed by atoms with van der Waals surface area (Å²) in [6.45, 7) is 4.59. The summed E-state index contributed by atoms with van der Waals surface area (Å²) in [4.78, 5) is 25.3. The molecule has 0 aliphatic carbocycles. The Hall–Kier alpha value is -1.28. The van der Waals surface area contributed by atoms with Crippen LogP contribution >= 0.6 is 7.82 Å². The summed E-state index contributed by atoms with van der Waals surface area (Å²) in [7, 11) is 1.24. The number of aliphatic hydroxyl groups is 1. The molecular weight excluding hydrogens is 732 g/mol. The fraction of sp³-hybridized carbons (Fsp3) is 0.854. The minimum Gasteiger partial charge on any atom is -0.756 e. The van der Waals surface area contributed by atoms with Crippen LogP contribution in [0, 0.1) is 0 Å². The van der Waals surface area contributed by atoms with E-state index in [1.165, 1.54) is 154 Å². The molecule has 336 valence electrons. The molecule has 0 radical (unpaired) electrons. The Labute approximate surface area is 353 Å². The van der Waals surface area contributed by atoms with Gasteiger partial charge in [-0.1, -0.05) is 185 Å². The molecule has 0 fully saturated rings. The van der Waals surface area contributed by atoms with E-state index in [2.05, 4.69) is 43.5 Å². The molecule has 0 aliphatic rings. The normalized spacial score (nSPS) is 14.6. The molecule has 0 spiro atoms. The topological polar surface area (TPSA) is 108 Å². The molecule has 3 unspecified atom stereocenters. The number of likely N-dealkylation sites (N-methyl/N-ethyl adjacent to an activating group) is 1. The number of unbranched alkanes of at least 4 members (excludes halogenated alkanes) is 26. The van der Waals surface area contributed by atoms with Crippen LogP contribution in [0.3, 0.4) is 0 Å². The van der Waals surface area contributed by atoms with Crippen molar-refractivity contribution < 1.29 is 32.9 Å². The summed E-state index contributed by atoms with van der Waals surface area (Å²) in [5.74, 6) is -0.211. The molecule has 0 rings (SSSR count). The van der Waals surface area contributed by atoms with Gasteiger partial charge in [-0.2, -0.15) is 0 Å². The molecule has 0 saturated heterocycles. The van der Waals surface area contributed by atoms with E-state index in [0.717, 1.165) is 38.5 Å². The number of allylic oxidation sites excluding steroid dienone is 5. The molecule has 3 atom stereocenters. The van der Waals surface area contributed by atoms with Crippen molar-refractivity contribution >= 4 is 13.7 Å². The van der Waals surface area contributed by atoms with Crippen LogP contribution in [-0.4, -0.2) is 68.5 Å². The zero-order valence-corrected chi connectivity index (χ0v) is 38.9. The Morgan fingerprint density at radius 3 is 1.44 bits per heavy atom. The SMILES string of the molecule is CCCCCC/C=C/CC/C=C/C(O)C(COP(=O)([O-])OCC[N+](C)(C)C)NC(=O)CCCCCCCCCCC/C=C\CCCCCCCCCCCCCC. The van der Waals surface area contributed by atoms with Crippen molar-refractivity contribution in [1.29, 1.82) is 0 Å². The van der Waals surface area contributed by atoms with Gasteiger partial charge >= 0.3 is 0 Å². The highest BCUT2D eigenvalue weighted by molar-refractivity contribution is 7.45. The van der Waals surface area contributed by atoms with Gasteiger partial charge in [-0.05, 0) is 57.8 Å². The largest absolute Gasteiger partial charge is 0.756 e. The lowest BCUT2D eigenvalue weighted by molar-refractivity contribution is -0.870. The summed E-state index contributed by atoms with van der Waals surface area (Å²) in [6, 6.07) is -0.901. The average Bonchev–Trinajstić information content (AvgIpc) is 3.16. The number of nitrogens with zero attached hydrogens (tertiary/aromatic N) is 1. The van der Waals surface area contributed by atoms with Gasteiger partial charge in [0.05, 0.1) is 39.9 Å². The first-order valence-corrected chi connectivity index (χ1v) is 25.3. The average molecular weight is 825 g/mol. The van der Waals surface area contributed by atoms with E-state index in [1.54, 1.807) is 6.08 Å². The Kier molecular flexibility index (Phi) is 39.2. The van der Waals surface area contributed by atoms with E-state index < -0.39 is 26.6 Å². The molecule has 57 heavy (non-hydrogen) atoms. The predicted molar refractivity (Wildman–Crippen MR) is 242 cm³/mol. The van der Waals surface area contributed by atoms with Crippen molar-refractivity contribution in [2.45, 2.75) is 225 Å². The maximum atomic E-state index is 12.8. The summed E-state index contributed by atoms with van der Waals surface area (Å²) >= 11 is 0. The van der Waals surface area contributed by atoms with Crippen molar-refractivity contribution in [3.05, 3.63) is 36.5 Å². The number of phosphoric acid groups is 1. The van der Waals surface area contributed by atoms with Gasteiger partial charge in [0.25, 0.3) is 7.82 Å². The van der Waals surface area contributed by atoms with E-state index in [1.807, 2.05) is 27.2 Å². The lowest BCUT2D eigenvalue weighted by Crippen LogP contribution is -2.45. The second-order valence-electron chi connectivity index (χ2n) is 17.5. The second kappa shape index (κ2) is 40.1. The molecule has 9 heteroatoms. The number of hydrogen-bond donors (Lipinski definition) is 2. The van der Waals surface area contributed by atoms with E-state index in [-0.39, 0.29) is 12.5 Å². The highest BCUT2D eigenvalue weighted by atomic mass is 31.2. The van der Waals surface area contributed by atoms with Gasteiger partial charge < -0.3 is 28.8 Å². The predicted octanol–water partition coefficient (Wildman–Crippen LogP) is 12.8. The highest BCUT2D eigenvalue weighted by Gasteiger charge is 2.23. The molecule has 8 nitrogen and oxygen atoms in total. The van der Waals surface area contributed by atoms with Crippen molar-refractivity contribution in [2.24, 2.45) is 0 Å². The molecule has 0 aliphatic heterocycles. The Morgan fingerprint density at radius 2 is 0.982 bits per heavy atom. The third kappa shape index (κ3) is 42.6. The lowest BCUT2D eigenvalue weighted by Gasteiger charge is -2.29. The van der Waals surface area contributed by atoms with Crippen LogP contribution in [0.2, 0.25) is 0 Å². The number of carbonyl (C=O) groups is 1. The van der Waals surface area contributed by atoms with Gasteiger partial charge in [0, 0.05) is 6.42 Å². The third-order valence-corrected chi connectivity index (χ3v) is 11.5. The number of quaternary nitrogens is 1. The van der Waals surface area contributed by atoms with Crippen LogP contribution in [0.25, 0.3) is 0 Å². The van der Waals surface area contributed by atoms with Crippen molar-refractivity contribution in [1.82, 2.24) is 5.32 Å². The van der Waals surface area contributed by atoms with Crippen LogP contribution in [0.5, 0.6) is 0 Å². The molecule has 0 aromatic heterocycles. The smallest absolute Gasteiger partial charge is 0.268 e. The minimum absolute atomic E-state index is 0.00688. The van der Waals surface area contributed by atoms with Crippen molar-refractivity contribution in [3.8, 4) is 0 Å². The van der Waals surface area contributed by atoms with Gasteiger partial charge in [-0.3, -0.25) is 9.36 Å². The van der Waals surface area contributed by atoms with Crippen LogP contribution < -0.4 is 10.2 Å². The molecule has 0 saturated carbocycles. The summed E-state index contributed by atoms with van der Waals surface area (Å²) in [5.41, 5.74) is 0. The zero-order valence-electron chi connectivity index (χ0n) is 38.0. The minimum atomic E-state index is -4.59. The molecule has 0 heterocycles. The zero-order chi connectivity index (χ0) is 42.1. The van der Waals surface area contributed by atoms with Crippen LogP contribution in [-0.2, 0) is 18.4 Å². The van der Waals surface area contributed by atoms with Gasteiger partial charge in [-0.15, -0.1) is 0 Å². The molecule has 0 aromatic rings.